The van der Waals surface area contributed by atoms with Crippen LogP contribution in [0.3, 0.4) is 0 Å². The number of aryl methyl sites for hydroxylation is 1. The lowest BCUT2D eigenvalue weighted by molar-refractivity contribution is 0.0698. The summed E-state index contributed by atoms with van der Waals surface area (Å²) in [4.78, 5) is 4.28. The molecule has 2 N–H and O–H groups in total. The molecule has 0 bridgehead atoms. The van der Waals surface area contributed by atoms with Crippen LogP contribution in [0.2, 0.25) is 0 Å². The molecule has 0 aliphatic heterocycles. The van der Waals surface area contributed by atoms with Crippen molar-refractivity contribution in [3.05, 3.63) is 35.4 Å². The molecular formula is C19H34IN3O2. The van der Waals surface area contributed by atoms with Crippen LogP contribution in [0.4, 0.5) is 0 Å². The molecule has 0 saturated heterocycles. The summed E-state index contributed by atoms with van der Waals surface area (Å²) in [5.74, 6) is 0.826. The van der Waals surface area contributed by atoms with Crippen molar-refractivity contribution in [2.75, 3.05) is 47.1 Å². The van der Waals surface area contributed by atoms with Gasteiger partial charge in [0.2, 0.25) is 0 Å². The van der Waals surface area contributed by atoms with Crippen molar-refractivity contribution in [1.82, 2.24) is 10.6 Å². The number of hydrogen-bond donors (Lipinski definition) is 2. The predicted molar refractivity (Wildman–Crippen MR) is 116 cm³/mol. The first-order chi connectivity index (χ1) is 11.5. The summed E-state index contributed by atoms with van der Waals surface area (Å²) in [6.07, 6.45) is 0.936. The highest BCUT2D eigenvalue weighted by Crippen LogP contribution is 2.22. The van der Waals surface area contributed by atoms with Gasteiger partial charge in [0, 0.05) is 39.3 Å². The van der Waals surface area contributed by atoms with Crippen molar-refractivity contribution >= 4 is 29.9 Å². The Morgan fingerprint density at radius 3 is 2.56 bits per heavy atom. The normalized spacial score (nSPS) is 11.8. The first kappa shape index (κ1) is 24.1. The SMILES string of the molecule is CN=C(NCCCOCCOC)NCC(C)(C)c1cccc(C)c1.I. The number of ether oxygens (including phenoxy) is 2. The molecule has 144 valence electrons. The van der Waals surface area contributed by atoms with E-state index in [1.807, 2.05) is 0 Å². The highest BCUT2D eigenvalue weighted by Gasteiger charge is 2.20. The number of aliphatic imine (C=N–C) groups is 1. The van der Waals surface area contributed by atoms with Gasteiger partial charge >= 0.3 is 0 Å². The lowest BCUT2D eigenvalue weighted by atomic mass is 9.84. The van der Waals surface area contributed by atoms with Crippen LogP contribution in [0.15, 0.2) is 29.3 Å². The van der Waals surface area contributed by atoms with Gasteiger partial charge in [-0.2, -0.15) is 0 Å². The van der Waals surface area contributed by atoms with Crippen molar-refractivity contribution in [3.8, 4) is 0 Å². The Morgan fingerprint density at radius 1 is 1.16 bits per heavy atom. The Hall–Kier alpha value is -0.860. The number of nitrogens with zero attached hydrogens (tertiary/aromatic N) is 1. The van der Waals surface area contributed by atoms with E-state index in [1.165, 1.54) is 11.1 Å². The number of hydrogen-bond acceptors (Lipinski definition) is 3. The van der Waals surface area contributed by atoms with E-state index in [-0.39, 0.29) is 29.4 Å². The Bertz CT molecular complexity index is 507. The fourth-order valence-corrected chi connectivity index (χ4v) is 2.32. The van der Waals surface area contributed by atoms with Crippen molar-refractivity contribution in [1.29, 1.82) is 0 Å². The molecule has 0 saturated carbocycles. The molecule has 5 nitrogen and oxygen atoms in total. The van der Waals surface area contributed by atoms with Crippen LogP contribution in [0.25, 0.3) is 0 Å². The molecule has 0 atom stereocenters. The van der Waals surface area contributed by atoms with E-state index in [9.17, 15) is 0 Å². The lowest BCUT2D eigenvalue weighted by Gasteiger charge is -2.27. The fourth-order valence-electron chi connectivity index (χ4n) is 2.32. The minimum absolute atomic E-state index is 0. The van der Waals surface area contributed by atoms with Gasteiger partial charge in [-0.15, -0.1) is 24.0 Å². The summed E-state index contributed by atoms with van der Waals surface area (Å²) in [7, 11) is 3.48. The molecule has 6 heteroatoms. The average molecular weight is 463 g/mol. The van der Waals surface area contributed by atoms with Crippen LogP contribution in [0, 0.1) is 6.92 Å². The first-order valence-corrected chi connectivity index (χ1v) is 8.58. The Labute approximate surface area is 170 Å². The molecule has 25 heavy (non-hydrogen) atoms. The predicted octanol–water partition coefficient (Wildman–Crippen LogP) is 3.11. The second-order valence-electron chi connectivity index (χ2n) is 6.56. The second-order valence-corrected chi connectivity index (χ2v) is 6.56. The third-order valence-corrected chi connectivity index (χ3v) is 3.91. The molecule has 0 aliphatic rings. The summed E-state index contributed by atoms with van der Waals surface area (Å²) in [5.41, 5.74) is 2.65. The number of methoxy groups -OCH3 is 1. The smallest absolute Gasteiger partial charge is 0.191 e. The van der Waals surface area contributed by atoms with Gasteiger partial charge in [0.15, 0.2) is 5.96 Å². The van der Waals surface area contributed by atoms with Crippen molar-refractivity contribution in [2.24, 2.45) is 4.99 Å². The minimum atomic E-state index is 0. The molecule has 0 amide bonds. The van der Waals surface area contributed by atoms with Gasteiger partial charge in [0.1, 0.15) is 0 Å². The van der Waals surface area contributed by atoms with Crippen LogP contribution in [-0.2, 0) is 14.9 Å². The van der Waals surface area contributed by atoms with Crippen LogP contribution in [0.1, 0.15) is 31.4 Å². The highest BCUT2D eigenvalue weighted by atomic mass is 127. The van der Waals surface area contributed by atoms with Gasteiger partial charge in [-0.05, 0) is 18.9 Å². The Kier molecular flexibility index (Phi) is 12.9. The van der Waals surface area contributed by atoms with Crippen LogP contribution >= 0.6 is 24.0 Å². The zero-order valence-corrected chi connectivity index (χ0v) is 18.6. The Balaban J connectivity index is 0.00000576. The maximum absolute atomic E-state index is 5.45. The van der Waals surface area contributed by atoms with E-state index in [0.717, 1.165) is 32.1 Å². The number of benzene rings is 1. The molecular weight excluding hydrogens is 429 g/mol. The van der Waals surface area contributed by atoms with Crippen LogP contribution in [-0.4, -0.2) is 53.0 Å². The van der Waals surface area contributed by atoms with E-state index in [2.05, 4.69) is 60.7 Å². The monoisotopic (exact) mass is 463 g/mol. The molecule has 1 aromatic carbocycles. The van der Waals surface area contributed by atoms with Gasteiger partial charge in [0.05, 0.1) is 13.2 Å². The summed E-state index contributed by atoms with van der Waals surface area (Å²) >= 11 is 0. The first-order valence-electron chi connectivity index (χ1n) is 8.58. The lowest BCUT2D eigenvalue weighted by Crippen LogP contribution is -2.43. The minimum Gasteiger partial charge on any atom is -0.382 e. The van der Waals surface area contributed by atoms with E-state index in [4.69, 9.17) is 9.47 Å². The standard InChI is InChI=1S/C19H33N3O2.HI/c1-16-8-6-9-17(14-16)19(2,3)15-22-18(20-4)21-10-7-11-24-13-12-23-5;/h6,8-9,14H,7,10-13,15H2,1-5H3,(H2,20,21,22);1H. The molecule has 1 rings (SSSR count). The van der Waals surface area contributed by atoms with Crippen molar-refractivity contribution < 1.29 is 9.47 Å². The molecule has 0 aliphatic carbocycles. The maximum Gasteiger partial charge on any atom is 0.191 e. The van der Waals surface area contributed by atoms with Gasteiger partial charge in [-0.1, -0.05) is 43.7 Å². The molecule has 0 unspecified atom stereocenters. The summed E-state index contributed by atoms with van der Waals surface area (Å²) in [6, 6.07) is 8.67. The van der Waals surface area contributed by atoms with Crippen LogP contribution in [0.5, 0.6) is 0 Å². The zero-order chi connectivity index (χ0) is 17.8. The molecule has 0 aromatic heterocycles. The van der Waals surface area contributed by atoms with Gasteiger partial charge in [0.25, 0.3) is 0 Å². The average Bonchev–Trinajstić information content (AvgIpc) is 2.56. The van der Waals surface area contributed by atoms with E-state index in [1.54, 1.807) is 14.2 Å². The Morgan fingerprint density at radius 2 is 1.92 bits per heavy atom. The number of halogens is 1. The van der Waals surface area contributed by atoms with Gasteiger partial charge in [-0.25, -0.2) is 0 Å². The second kappa shape index (κ2) is 13.4. The number of nitrogens with one attached hydrogen (secondary N) is 2. The zero-order valence-electron chi connectivity index (χ0n) is 16.2. The molecule has 0 spiro atoms. The molecule has 0 fully saturated rings. The van der Waals surface area contributed by atoms with E-state index in [0.29, 0.717) is 13.2 Å². The quantitative estimate of drug-likeness (QED) is 0.242. The summed E-state index contributed by atoms with van der Waals surface area (Å²) < 4.78 is 10.4. The fraction of sp³-hybridized carbons (Fsp3) is 0.632. The topological polar surface area (TPSA) is 54.9 Å². The summed E-state index contributed by atoms with van der Waals surface area (Å²) in [5, 5.41) is 6.74. The van der Waals surface area contributed by atoms with E-state index < -0.39 is 0 Å². The van der Waals surface area contributed by atoms with Crippen LogP contribution < -0.4 is 10.6 Å². The number of guanidine groups is 1. The summed E-state index contributed by atoms with van der Waals surface area (Å²) in [6.45, 7) is 10.3. The molecule has 0 heterocycles. The number of rotatable bonds is 10. The van der Waals surface area contributed by atoms with Crippen molar-refractivity contribution in [3.63, 3.8) is 0 Å². The van der Waals surface area contributed by atoms with E-state index >= 15 is 0 Å². The third-order valence-electron chi connectivity index (χ3n) is 3.91. The largest absolute Gasteiger partial charge is 0.382 e. The third kappa shape index (κ3) is 10.0. The van der Waals surface area contributed by atoms with Crippen molar-refractivity contribution in [2.45, 2.75) is 32.6 Å². The molecule has 1 aromatic rings. The maximum atomic E-state index is 5.45. The molecule has 0 radical (unpaired) electrons. The van der Waals surface area contributed by atoms with Gasteiger partial charge < -0.3 is 20.1 Å². The van der Waals surface area contributed by atoms with Gasteiger partial charge in [-0.3, -0.25) is 4.99 Å². The highest BCUT2D eigenvalue weighted by molar-refractivity contribution is 14.0.